The van der Waals surface area contributed by atoms with Crippen molar-refractivity contribution in [2.45, 2.75) is 25.2 Å². The van der Waals surface area contributed by atoms with E-state index < -0.39 is 33.3 Å². The molecule has 0 radical (unpaired) electrons. The fourth-order valence-electron chi connectivity index (χ4n) is 1.70. The molecule has 1 aromatic rings. The van der Waals surface area contributed by atoms with Gasteiger partial charge in [-0.25, -0.2) is 12.8 Å². The highest BCUT2D eigenvalue weighted by Crippen LogP contribution is 2.20. The number of esters is 1. The fourth-order valence-corrected chi connectivity index (χ4v) is 3.22. The topological polar surface area (TPSA) is 63.7 Å². The van der Waals surface area contributed by atoms with E-state index in [0.717, 1.165) is 10.4 Å². The summed E-state index contributed by atoms with van der Waals surface area (Å²) in [4.78, 5) is 10.9. The Hall–Kier alpha value is -1.47. The third kappa shape index (κ3) is 3.77. The number of hydrogen-bond acceptors (Lipinski definition) is 4. The van der Waals surface area contributed by atoms with Crippen molar-refractivity contribution in [3.05, 3.63) is 29.6 Å². The summed E-state index contributed by atoms with van der Waals surface area (Å²) in [6.45, 7) is 3.12. The van der Waals surface area contributed by atoms with Crippen molar-refractivity contribution in [1.82, 2.24) is 4.31 Å². The molecule has 0 aliphatic rings. The number of ether oxygens (including phenoxy) is 1. The second-order valence-electron chi connectivity index (χ2n) is 4.35. The molecular formula is C13H18FNO4S. The maximum atomic E-state index is 13.8. The molecule has 0 atom stereocenters. The summed E-state index contributed by atoms with van der Waals surface area (Å²) in [6.07, 6.45) is 0.504. The zero-order valence-corrected chi connectivity index (χ0v) is 12.5. The summed E-state index contributed by atoms with van der Waals surface area (Å²) in [5.41, 5.74) is 0.622. The van der Waals surface area contributed by atoms with Gasteiger partial charge in [0.1, 0.15) is 17.3 Å². The van der Waals surface area contributed by atoms with Gasteiger partial charge in [-0.1, -0.05) is 13.0 Å². The van der Waals surface area contributed by atoms with Gasteiger partial charge in [0.25, 0.3) is 0 Å². The molecule has 1 aromatic carbocycles. The molecule has 0 bridgehead atoms. The molecule has 0 aromatic heterocycles. The van der Waals surface area contributed by atoms with Gasteiger partial charge in [0, 0.05) is 6.54 Å². The highest BCUT2D eigenvalue weighted by atomic mass is 32.2. The van der Waals surface area contributed by atoms with Gasteiger partial charge in [0.05, 0.1) is 7.11 Å². The van der Waals surface area contributed by atoms with Gasteiger partial charge in [-0.2, -0.15) is 4.31 Å². The third-order valence-electron chi connectivity index (χ3n) is 2.71. The Morgan fingerprint density at radius 1 is 1.40 bits per heavy atom. The predicted molar refractivity (Wildman–Crippen MR) is 72.2 cm³/mol. The number of sulfonamides is 1. The molecule has 0 saturated heterocycles. The lowest BCUT2D eigenvalue weighted by molar-refractivity contribution is -0.140. The molecule has 20 heavy (non-hydrogen) atoms. The van der Waals surface area contributed by atoms with E-state index >= 15 is 0 Å². The standard InChI is InChI=1S/C13H18FNO4S/c1-4-7-15(9-13(16)19-3)20(17,18)12-6-5-10(2)8-11(12)14/h5-6,8H,4,7,9H2,1-3H3. The number of rotatable bonds is 6. The molecule has 0 amide bonds. The van der Waals surface area contributed by atoms with Crippen molar-refractivity contribution in [3.63, 3.8) is 0 Å². The van der Waals surface area contributed by atoms with Gasteiger partial charge in [0.15, 0.2) is 0 Å². The second kappa shape index (κ2) is 6.81. The van der Waals surface area contributed by atoms with E-state index in [2.05, 4.69) is 4.74 Å². The summed E-state index contributed by atoms with van der Waals surface area (Å²) in [6, 6.07) is 3.87. The first-order chi connectivity index (χ1) is 9.32. The van der Waals surface area contributed by atoms with Crippen LogP contribution in [0.5, 0.6) is 0 Å². The third-order valence-corrected chi connectivity index (χ3v) is 4.59. The van der Waals surface area contributed by atoms with Gasteiger partial charge < -0.3 is 4.74 Å². The number of aryl methyl sites for hydroxylation is 1. The molecule has 1 rings (SSSR count). The Kier molecular flexibility index (Phi) is 5.64. The lowest BCUT2D eigenvalue weighted by atomic mass is 10.2. The first-order valence-corrected chi connectivity index (χ1v) is 7.60. The predicted octanol–water partition coefficient (Wildman–Crippen LogP) is 1.71. The molecule has 0 aliphatic carbocycles. The summed E-state index contributed by atoms with van der Waals surface area (Å²) in [5.74, 6) is -1.51. The lowest BCUT2D eigenvalue weighted by Gasteiger charge is -2.20. The molecule has 0 unspecified atom stereocenters. The Balaban J connectivity index is 3.18. The highest BCUT2D eigenvalue weighted by molar-refractivity contribution is 7.89. The van der Waals surface area contributed by atoms with Crippen LogP contribution < -0.4 is 0 Å². The van der Waals surface area contributed by atoms with Crippen molar-refractivity contribution >= 4 is 16.0 Å². The lowest BCUT2D eigenvalue weighted by Crippen LogP contribution is -2.37. The van der Waals surface area contributed by atoms with Crippen molar-refractivity contribution < 1.29 is 22.3 Å². The number of benzene rings is 1. The zero-order valence-electron chi connectivity index (χ0n) is 11.7. The van der Waals surface area contributed by atoms with E-state index in [-0.39, 0.29) is 6.54 Å². The SMILES string of the molecule is CCCN(CC(=O)OC)S(=O)(=O)c1ccc(C)cc1F. The number of hydrogen-bond donors (Lipinski definition) is 0. The maximum Gasteiger partial charge on any atom is 0.321 e. The molecule has 0 spiro atoms. The smallest absolute Gasteiger partial charge is 0.321 e. The number of nitrogens with zero attached hydrogens (tertiary/aromatic N) is 1. The summed E-state index contributed by atoms with van der Waals surface area (Å²) < 4.78 is 44.0. The number of carbonyl (C=O) groups excluding carboxylic acids is 1. The Bertz CT molecular complexity index is 586. The van der Waals surface area contributed by atoms with Crippen LogP contribution in [0.4, 0.5) is 4.39 Å². The second-order valence-corrected chi connectivity index (χ2v) is 6.25. The Labute approximate surface area is 118 Å². The minimum atomic E-state index is -4.06. The Morgan fingerprint density at radius 3 is 2.55 bits per heavy atom. The summed E-state index contributed by atoms with van der Waals surface area (Å²) in [5, 5.41) is 0. The fraction of sp³-hybridized carbons (Fsp3) is 0.462. The molecule has 0 saturated carbocycles. The van der Waals surface area contributed by atoms with Crippen LogP contribution in [0, 0.1) is 12.7 Å². The first-order valence-electron chi connectivity index (χ1n) is 6.16. The van der Waals surface area contributed by atoms with Crippen molar-refractivity contribution in [2.24, 2.45) is 0 Å². The molecule has 0 fully saturated rings. The van der Waals surface area contributed by atoms with Crippen LogP contribution in [-0.4, -0.2) is 38.9 Å². The van der Waals surface area contributed by atoms with Crippen molar-refractivity contribution in [3.8, 4) is 0 Å². The van der Waals surface area contributed by atoms with Crippen LogP contribution in [0.3, 0.4) is 0 Å². The minimum Gasteiger partial charge on any atom is -0.468 e. The van der Waals surface area contributed by atoms with Crippen LogP contribution in [-0.2, 0) is 19.6 Å². The number of carbonyl (C=O) groups is 1. The minimum absolute atomic E-state index is 0.116. The molecule has 5 nitrogen and oxygen atoms in total. The van der Waals surface area contributed by atoms with E-state index in [1.165, 1.54) is 19.2 Å². The van der Waals surface area contributed by atoms with Crippen LogP contribution in [0.15, 0.2) is 23.1 Å². The average molecular weight is 303 g/mol. The maximum absolute atomic E-state index is 13.8. The molecular weight excluding hydrogens is 285 g/mol. The first kappa shape index (κ1) is 16.6. The van der Waals surface area contributed by atoms with E-state index in [9.17, 15) is 17.6 Å². The summed E-state index contributed by atoms with van der Waals surface area (Å²) >= 11 is 0. The van der Waals surface area contributed by atoms with Gasteiger partial charge in [0.2, 0.25) is 10.0 Å². The van der Waals surface area contributed by atoms with Crippen molar-refractivity contribution in [1.29, 1.82) is 0 Å². The van der Waals surface area contributed by atoms with E-state index in [1.807, 2.05) is 0 Å². The average Bonchev–Trinajstić information content (AvgIpc) is 2.37. The van der Waals surface area contributed by atoms with E-state index in [4.69, 9.17) is 0 Å². The van der Waals surface area contributed by atoms with E-state index in [0.29, 0.717) is 12.0 Å². The normalized spacial score (nSPS) is 11.7. The zero-order chi connectivity index (χ0) is 15.3. The van der Waals surface area contributed by atoms with Gasteiger partial charge in [-0.15, -0.1) is 0 Å². The van der Waals surface area contributed by atoms with Crippen LogP contribution in [0.2, 0.25) is 0 Å². The molecule has 0 heterocycles. The molecule has 112 valence electrons. The van der Waals surface area contributed by atoms with Crippen LogP contribution >= 0.6 is 0 Å². The van der Waals surface area contributed by atoms with Gasteiger partial charge >= 0.3 is 5.97 Å². The summed E-state index contributed by atoms with van der Waals surface area (Å²) in [7, 11) is -2.89. The van der Waals surface area contributed by atoms with Crippen LogP contribution in [0.25, 0.3) is 0 Å². The molecule has 0 aliphatic heterocycles. The highest BCUT2D eigenvalue weighted by Gasteiger charge is 2.28. The van der Waals surface area contributed by atoms with Crippen molar-refractivity contribution in [2.75, 3.05) is 20.2 Å². The monoisotopic (exact) mass is 303 g/mol. The van der Waals surface area contributed by atoms with E-state index in [1.54, 1.807) is 13.8 Å². The van der Waals surface area contributed by atoms with Gasteiger partial charge in [-0.3, -0.25) is 4.79 Å². The van der Waals surface area contributed by atoms with Gasteiger partial charge in [-0.05, 0) is 31.0 Å². The van der Waals surface area contributed by atoms with Crippen LogP contribution in [0.1, 0.15) is 18.9 Å². The molecule has 7 heteroatoms. The Morgan fingerprint density at radius 2 is 2.05 bits per heavy atom. The number of methoxy groups -OCH3 is 1. The largest absolute Gasteiger partial charge is 0.468 e. The quantitative estimate of drug-likeness (QED) is 0.751. The molecule has 0 N–H and O–H groups in total. The number of halogens is 1.